The van der Waals surface area contributed by atoms with E-state index >= 15 is 0 Å². The van der Waals surface area contributed by atoms with Crippen molar-refractivity contribution in [3.8, 4) is 0 Å². The third kappa shape index (κ3) is 2.28. The molecular weight excluding hydrogens is 210 g/mol. The Morgan fingerprint density at radius 3 is 2.71 bits per heavy atom. The Hall–Kier alpha value is -1.51. The molecule has 1 aromatic carbocycles. The summed E-state index contributed by atoms with van der Waals surface area (Å²) in [7, 11) is 0. The van der Waals surface area contributed by atoms with E-state index in [0.29, 0.717) is 5.41 Å². The van der Waals surface area contributed by atoms with Gasteiger partial charge >= 0.3 is 0 Å². The number of hydrogen-bond donors (Lipinski definition) is 2. The van der Waals surface area contributed by atoms with Gasteiger partial charge in [-0.3, -0.25) is 4.99 Å². The maximum atomic E-state index is 4.45. The van der Waals surface area contributed by atoms with Crippen LogP contribution in [0.4, 0.5) is 0 Å². The second kappa shape index (κ2) is 4.40. The average molecular weight is 229 g/mol. The van der Waals surface area contributed by atoms with Crippen molar-refractivity contribution in [2.24, 2.45) is 4.99 Å². The largest absolute Gasteiger partial charge is 0.356 e. The molecule has 1 aromatic rings. The summed E-state index contributed by atoms with van der Waals surface area (Å²) in [6.45, 7) is 3.00. The lowest BCUT2D eigenvalue weighted by Gasteiger charge is -2.21. The highest BCUT2D eigenvalue weighted by Gasteiger charge is 2.43. The maximum absolute atomic E-state index is 4.45. The molecule has 3 rings (SSSR count). The van der Waals surface area contributed by atoms with Crippen molar-refractivity contribution in [2.75, 3.05) is 19.6 Å². The van der Waals surface area contributed by atoms with Gasteiger partial charge in [-0.05, 0) is 24.8 Å². The van der Waals surface area contributed by atoms with E-state index in [1.807, 2.05) is 0 Å². The Bertz CT molecular complexity index is 407. The molecule has 0 radical (unpaired) electrons. The third-order valence-corrected chi connectivity index (χ3v) is 3.73. The van der Waals surface area contributed by atoms with E-state index in [1.165, 1.54) is 18.4 Å². The number of nitrogens with one attached hydrogen (secondary N) is 2. The van der Waals surface area contributed by atoms with E-state index < -0.39 is 0 Å². The highest BCUT2D eigenvalue weighted by Crippen LogP contribution is 2.47. The summed E-state index contributed by atoms with van der Waals surface area (Å²) in [5, 5.41) is 6.77. The second-order valence-corrected chi connectivity index (χ2v) is 5.01. The lowest BCUT2D eigenvalue weighted by molar-refractivity contribution is 0.629. The van der Waals surface area contributed by atoms with Gasteiger partial charge in [0.05, 0.1) is 0 Å². The van der Waals surface area contributed by atoms with Crippen molar-refractivity contribution < 1.29 is 0 Å². The van der Waals surface area contributed by atoms with Crippen LogP contribution in [0.5, 0.6) is 0 Å². The van der Waals surface area contributed by atoms with E-state index in [2.05, 4.69) is 46.0 Å². The predicted molar refractivity (Wildman–Crippen MR) is 70.3 cm³/mol. The van der Waals surface area contributed by atoms with Crippen LogP contribution < -0.4 is 10.6 Å². The molecule has 90 valence electrons. The summed E-state index contributed by atoms with van der Waals surface area (Å²) in [6, 6.07) is 10.8. The molecule has 2 N–H and O–H groups in total. The summed E-state index contributed by atoms with van der Waals surface area (Å²) in [5.74, 6) is 0.985. The van der Waals surface area contributed by atoms with Gasteiger partial charge in [-0.2, -0.15) is 0 Å². The molecule has 0 aromatic heterocycles. The minimum absolute atomic E-state index is 0.364. The van der Waals surface area contributed by atoms with Crippen LogP contribution in [-0.2, 0) is 5.41 Å². The SMILES string of the molecule is c1ccc(C2(CNC3=NCCCN3)CC2)cc1. The summed E-state index contributed by atoms with van der Waals surface area (Å²) in [4.78, 5) is 4.45. The van der Waals surface area contributed by atoms with Gasteiger partial charge in [-0.25, -0.2) is 0 Å². The lowest BCUT2D eigenvalue weighted by Crippen LogP contribution is -2.43. The smallest absolute Gasteiger partial charge is 0.191 e. The molecule has 2 aliphatic rings. The molecule has 3 nitrogen and oxygen atoms in total. The first kappa shape index (κ1) is 10.6. The molecule has 0 amide bonds. The van der Waals surface area contributed by atoms with Crippen LogP contribution >= 0.6 is 0 Å². The number of hydrogen-bond acceptors (Lipinski definition) is 3. The van der Waals surface area contributed by atoms with Gasteiger partial charge in [0, 0.05) is 25.0 Å². The average Bonchev–Trinajstić information content (AvgIpc) is 3.20. The molecule has 1 saturated carbocycles. The maximum Gasteiger partial charge on any atom is 0.191 e. The standard InChI is InChI=1S/C14H19N3/c1-2-5-12(6-3-1)14(7-8-14)11-17-13-15-9-4-10-16-13/h1-3,5-6H,4,7-11H2,(H2,15,16,17). The van der Waals surface area contributed by atoms with Gasteiger partial charge in [0.25, 0.3) is 0 Å². The number of guanidine groups is 1. The van der Waals surface area contributed by atoms with Crippen LogP contribution in [0.15, 0.2) is 35.3 Å². The van der Waals surface area contributed by atoms with Gasteiger partial charge in [0.15, 0.2) is 5.96 Å². The molecule has 1 heterocycles. The van der Waals surface area contributed by atoms with Crippen molar-refractivity contribution in [1.82, 2.24) is 10.6 Å². The first-order chi connectivity index (χ1) is 8.39. The van der Waals surface area contributed by atoms with Crippen molar-refractivity contribution in [1.29, 1.82) is 0 Å². The number of benzene rings is 1. The first-order valence-corrected chi connectivity index (χ1v) is 6.47. The monoisotopic (exact) mass is 229 g/mol. The minimum atomic E-state index is 0.364. The predicted octanol–water partition coefficient (Wildman–Crippen LogP) is 1.66. The van der Waals surface area contributed by atoms with Crippen LogP contribution in [-0.4, -0.2) is 25.6 Å². The molecule has 0 saturated heterocycles. The molecular formula is C14H19N3. The van der Waals surface area contributed by atoms with Gasteiger partial charge in [-0.15, -0.1) is 0 Å². The molecule has 3 heteroatoms. The van der Waals surface area contributed by atoms with E-state index in [9.17, 15) is 0 Å². The molecule has 1 aliphatic heterocycles. The van der Waals surface area contributed by atoms with E-state index in [1.54, 1.807) is 0 Å². The molecule has 1 fully saturated rings. The Kier molecular flexibility index (Phi) is 2.75. The van der Waals surface area contributed by atoms with Crippen LogP contribution in [0.25, 0.3) is 0 Å². The van der Waals surface area contributed by atoms with Gasteiger partial charge in [0.1, 0.15) is 0 Å². The molecule has 17 heavy (non-hydrogen) atoms. The fraction of sp³-hybridized carbons (Fsp3) is 0.500. The van der Waals surface area contributed by atoms with Crippen molar-refractivity contribution in [3.05, 3.63) is 35.9 Å². The van der Waals surface area contributed by atoms with Gasteiger partial charge in [-0.1, -0.05) is 30.3 Å². The Morgan fingerprint density at radius 2 is 2.06 bits per heavy atom. The molecule has 0 bridgehead atoms. The van der Waals surface area contributed by atoms with E-state index in [-0.39, 0.29) is 0 Å². The van der Waals surface area contributed by atoms with E-state index in [4.69, 9.17) is 0 Å². The number of rotatable bonds is 3. The third-order valence-electron chi connectivity index (χ3n) is 3.73. The van der Waals surface area contributed by atoms with Crippen molar-refractivity contribution in [2.45, 2.75) is 24.7 Å². The minimum Gasteiger partial charge on any atom is -0.356 e. The Labute approximate surface area is 102 Å². The Morgan fingerprint density at radius 1 is 1.24 bits per heavy atom. The van der Waals surface area contributed by atoms with Crippen LogP contribution in [0, 0.1) is 0 Å². The summed E-state index contributed by atoms with van der Waals surface area (Å²) >= 11 is 0. The zero-order chi connectivity index (χ0) is 11.6. The summed E-state index contributed by atoms with van der Waals surface area (Å²) in [5.41, 5.74) is 1.83. The normalized spacial score (nSPS) is 21.3. The van der Waals surface area contributed by atoms with E-state index in [0.717, 1.165) is 32.0 Å². The highest BCUT2D eigenvalue weighted by molar-refractivity contribution is 5.80. The van der Waals surface area contributed by atoms with Crippen molar-refractivity contribution >= 4 is 5.96 Å². The van der Waals surface area contributed by atoms with Gasteiger partial charge < -0.3 is 10.6 Å². The molecule has 0 unspecified atom stereocenters. The number of nitrogens with zero attached hydrogens (tertiary/aromatic N) is 1. The van der Waals surface area contributed by atoms with Crippen LogP contribution in [0.2, 0.25) is 0 Å². The zero-order valence-corrected chi connectivity index (χ0v) is 10.1. The first-order valence-electron chi connectivity index (χ1n) is 6.47. The number of aliphatic imine (C=N–C) groups is 1. The fourth-order valence-electron chi connectivity index (χ4n) is 2.41. The van der Waals surface area contributed by atoms with Crippen LogP contribution in [0.1, 0.15) is 24.8 Å². The quantitative estimate of drug-likeness (QED) is 0.827. The highest BCUT2D eigenvalue weighted by atomic mass is 15.2. The zero-order valence-electron chi connectivity index (χ0n) is 10.1. The fourth-order valence-corrected chi connectivity index (χ4v) is 2.41. The van der Waals surface area contributed by atoms with Gasteiger partial charge in [0.2, 0.25) is 0 Å². The summed E-state index contributed by atoms with van der Waals surface area (Å²) in [6.07, 6.45) is 3.73. The molecule has 0 atom stereocenters. The Balaban J connectivity index is 1.63. The second-order valence-electron chi connectivity index (χ2n) is 5.01. The summed E-state index contributed by atoms with van der Waals surface area (Å²) < 4.78 is 0. The van der Waals surface area contributed by atoms with Crippen molar-refractivity contribution in [3.63, 3.8) is 0 Å². The topological polar surface area (TPSA) is 36.4 Å². The molecule has 0 spiro atoms. The van der Waals surface area contributed by atoms with Crippen LogP contribution in [0.3, 0.4) is 0 Å². The molecule has 1 aliphatic carbocycles. The lowest BCUT2D eigenvalue weighted by atomic mass is 9.96.